The van der Waals surface area contributed by atoms with Crippen LogP contribution in [-0.4, -0.2) is 76.4 Å². The van der Waals surface area contributed by atoms with Crippen LogP contribution in [0.2, 0.25) is 0 Å². The first-order chi connectivity index (χ1) is 27.2. The number of nitriles is 1. The molecule has 15 heteroatoms. The van der Waals surface area contributed by atoms with E-state index in [9.17, 15) is 19.2 Å². The van der Waals surface area contributed by atoms with E-state index in [2.05, 4.69) is 36.3 Å². The van der Waals surface area contributed by atoms with Crippen LogP contribution in [-0.2, 0) is 9.59 Å². The van der Waals surface area contributed by atoms with Crippen molar-refractivity contribution in [3.8, 4) is 23.4 Å². The quantitative estimate of drug-likeness (QED) is 0.0911. The Balaban J connectivity index is 0.881. The van der Waals surface area contributed by atoms with Crippen LogP contribution in [0.3, 0.4) is 0 Å². The van der Waals surface area contributed by atoms with Crippen molar-refractivity contribution in [3.63, 3.8) is 0 Å². The molecule has 1 unspecified atom stereocenters. The lowest BCUT2D eigenvalue weighted by Crippen LogP contribution is -2.47. The molecule has 56 heavy (non-hydrogen) atoms. The van der Waals surface area contributed by atoms with Crippen molar-refractivity contribution in [1.29, 1.82) is 5.26 Å². The Hall–Kier alpha value is -5.04. The highest BCUT2D eigenvalue weighted by molar-refractivity contribution is 7.98. The number of anilines is 2. The first kappa shape index (κ1) is 39.2. The Morgan fingerprint density at radius 3 is 2.54 bits per heavy atom. The van der Waals surface area contributed by atoms with E-state index in [-0.39, 0.29) is 41.3 Å². The number of rotatable bonds is 13. The van der Waals surface area contributed by atoms with Gasteiger partial charge < -0.3 is 24.4 Å². The molecule has 3 N–H and O–H groups in total. The predicted octanol–water partition coefficient (Wildman–Crippen LogP) is 7.53. The third kappa shape index (κ3) is 9.31. The highest BCUT2D eigenvalue weighted by Gasteiger charge is 2.31. The van der Waals surface area contributed by atoms with Crippen LogP contribution in [0.15, 0.2) is 54.7 Å². The first-order valence-electron chi connectivity index (χ1n) is 19.2. The molecule has 3 aromatic carbocycles. The molecule has 7 rings (SSSR count). The second-order valence-corrected chi connectivity index (χ2v) is 15.7. The maximum atomic E-state index is 15.3. The Labute approximate surface area is 329 Å². The summed E-state index contributed by atoms with van der Waals surface area (Å²) in [5.41, 5.74) is 2.93. The number of nitrogens with zero attached hydrogens (tertiary/aromatic N) is 5. The summed E-state index contributed by atoms with van der Waals surface area (Å²) in [5.74, 6) is -0.477. The summed E-state index contributed by atoms with van der Waals surface area (Å²) < 4.78 is 47.3. The molecule has 0 bridgehead atoms. The fourth-order valence-corrected chi connectivity index (χ4v) is 8.24. The van der Waals surface area contributed by atoms with Gasteiger partial charge in [-0.15, -0.1) is 0 Å². The molecule has 1 saturated carbocycles. The molecule has 2 amide bonds. The number of ether oxygens (including phenoxy) is 2. The zero-order valence-electron chi connectivity index (χ0n) is 31.5. The average Bonchev–Trinajstić information content (AvgIpc) is 3.21. The topological polar surface area (TPSA) is 145 Å². The van der Waals surface area contributed by atoms with Crippen molar-refractivity contribution in [2.75, 3.05) is 43.3 Å². The maximum absolute atomic E-state index is 15.3. The largest absolute Gasteiger partial charge is 0.476 e. The van der Waals surface area contributed by atoms with E-state index in [1.165, 1.54) is 30.3 Å². The van der Waals surface area contributed by atoms with Crippen molar-refractivity contribution >= 4 is 46.4 Å². The summed E-state index contributed by atoms with van der Waals surface area (Å²) in [5, 5.41) is 15.3. The number of piperidine rings is 2. The second kappa shape index (κ2) is 17.8. The zero-order valence-corrected chi connectivity index (χ0v) is 32.3. The molecule has 12 nitrogen and oxygen atoms in total. The fourth-order valence-electron chi connectivity index (χ4n) is 7.69. The van der Waals surface area contributed by atoms with Gasteiger partial charge in [0.25, 0.3) is 0 Å². The number of hydrogen-bond acceptors (Lipinski definition) is 12. The summed E-state index contributed by atoms with van der Waals surface area (Å²) in [4.78, 5) is 35.3. The lowest BCUT2D eigenvalue weighted by molar-refractivity contribution is -0.133. The highest BCUT2D eigenvalue weighted by atomic mass is 32.2. The number of carbonyl (C=O) groups excluding carboxylic acids is 2. The molecule has 3 fully saturated rings. The molecule has 1 aliphatic carbocycles. The monoisotopic (exact) mass is 784 g/mol. The number of carbonyl (C=O) groups is 2. The van der Waals surface area contributed by atoms with Gasteiger partial charge in [-0.2, -0.15) is 5.26 Å². The van der Waals surface area contributed by atoms with Crippen LogP contribution >= 0.6 is 12.1 Å². The smallest absolute Gasteiger partial charge is 0.249 e. The van der Waals surface area contributed by atoms with Gasteiger partial charge in [0.05, 0.1) is 29.5 Å². The molecule has 0 radical (unpaired) electrons. The molecule has 1 aromatic heterocycles. The van der Waals surface area contributed by atoms with Gasteiger partial charge in [0.1, 0.15) is 29.2 Å². The van der Waals surface area contributed by atoms with Crippen molar-refractivity contribution < 1.29 is 27.8 Å². The Morgan fingerprint density at radius 2 is 1.80 bits per heavy atom. The number of benzene rings is 3. The third-order valence-corrected chi connectivity index (χ3v) is 11.9. The highest BCUT2D eigenvalue weighted by Crippen LogP contribution is 2.38. The SMILES string of the molecule is CCN(C)SNc1ccc(F)c(Oc2ccc3ncc(OCC4CCN(C5CCC(c6ccc(NC7CCC(=O)NC7=O)cc6F)CC5)CC4)nc3c2)c1C#N. The Bertz CT molecular complexity index is 2100. The minimum Gasteiger partial charge on any atom is -0.476 e. The van der Waals surface area contributed by atoms with Crippen molar-refractivity contribution in [2.24, 2.45) is 5.92 Å². The van der Waals surface area contributed by atoms with Crippen LogP contribution in [0.25, 0.3) is 11.0 Å². The van der Waals surface area contributed by atoms with Gasteiger partial charge in [-0.1, -0.05) is 13.0 Å². The van der Waals surface area contributed by atoms with Crippen molar-refractivity contribution in [1.82, 2.24) is 24.5 Å². The average molecular weight is 785 g/mol. The van der Waals surface area contributed by atoms with Crippen LogP contribution in [0, 0.1) is 28.9 Å². The van der Waals surface area contributed by atoms with Gasteiger partial charge in [0.2, 0.25) is 17.7 Å². The van der Waals surface area contributed by atoms with E-state index in [0.29, 0.717) is 59.0 Å². The summed E-state index contributed by atoms with van der Waals surface area (Å²) in [6.45, 7) is 5.25. The van der Waals surface area contributed by atoms with Gasteiger partial charge in [-0.25, -0.2) is 23.1 Å². The van der Waals surface area contributed by atoms with Gasteiger partial charge >= 0.3 is 0 Å². The molecule has 3 heterocycles. The summed E-state index contributed by atoms with van der Waals surface area (Å²) >= 11 is 1.30. The molecule has 0 spiro atoms. The number of imide groups is 1. The van der Waals surface area contributed by atoms with E-state index in [1.54, 1.807) is 24.4 Å². The number of halogens is 2. The summed E-state index contributed by atoms with van der Waals surface area (Å²) in [7, 11) is 1.90. The van der Waals surface area contributed by atoms with E-state index in [4.69, 9.17) is 9.47 Å². The number of amides is 2. The molecule has 2 aliphatic heterocycles. The van der Waals surface area contributed by atoms with Gasteiger partial charge in [-0.3, -0.25) is 14.9 Å². The number of aromatic nitrogens is 2. The standard InChI is InChI=1S/C41H46F2N8O4S/c1-3-50(2)56-49-34-13-11-32(42)40(31(34)22-44)55-29-9-12-35-37(21-29)47-39(23-45-35)54-24-25-16-18-51(19-17-25)28-7-4-26(5-8-28)30-10-6-27(20-33(30)43)46-36-14-15-38(52)48-41(36)53/h6,9-13,20-21,23,25-26,28,36,46,49H,3-5,7-8,14-19,24H2,1-2H3,(H,48,52,53). The lowest BCUT2D eigenvalue weighted by Gasteiger charge is -2.41. The molecule has 2 saturated heterocycles. The summed E-state index contributed by atoms with van der Waals surface area (Å²) in [6, 6.07) is 15.0. The van der Waals surface area contributed by atoms with Crippen LogP contribution in [0.1, 0.15) is 75.3 Å². The number of hydrogen-bond donors (Lipinski definition) is 3. The zero-order chi connectivity index (χ0) is 39.2. The van der Waals surface area contributed by atoms with Crippen molar-refractivity contribution in [2.45, 2.75) is 76.3 Å². The van der Waals surface area contributed by atoms with Gasteiger partial charge in [0.15, 0.2) is 11.6 Å². The van der Waals surface area contributed by atoms with E-state index < -0.39 is 11.9 Å². The molecular weight excluding hydrogens is 739 g/mol. The maximum Gasteiger partial charge on any atom is 0.249 e. The Kier molecular flexibility index (Phi) is 12.5. The first-order valence-corrected chi connectivity index (χ1v) is 20.0. The molecule has 294 valence electrons. The number of fused-ring (bicyclic) bond motifs is 1. The third-order valence-electron chi connectivity index (χ3n) is 11.0. The van der Waals surface area contributed by atoms with Gasteiger partial charge in [0, 0.05) is 42.9 Å². The minimum absolute atomic E-state index is 0.0598. The fraction of sp³-hybridized carbons (Fsp3) is 0.439. The number of likely N-dealkylation sites (tertiary alicyclic amines) is 1. The van der Waals surface area contributed by atoms with Crippen molar-refractivity contribution in [3.05, 3.63) is 77.5 Å². The van der Waals surface area contributed by atoms with Crippen LogP contribution in [0.4, 0.5) is 20.2 Å². The number of nitrogens with one attached hydrogen (secondary N) is 3. The minimum atomic E-state index is -0.650. The normalized spacial score (nSPS) is 20.8. The van der Waals surface area contributed by atoms with E-state index in [0.717, 1.165) is 63.7 Å². The Morgan fingerprint density at radius 1 is 1.00 bits per heavy atom. The molecule has 3 aliphatic rings. The van der Waals surface area contributed by atoms with Gasteiger partial charge in [-0.05, 0) is 119 Å². The molecular formula is C41H46F2N8O4S. The van der Waals surface area contributed by atoms with E-state index in [1.807, 2.05) is 30.4 Å². The van der Waals surface area contributed by atoms with Crippen LogP contribution in [0.5, 0.6) is 17.4 Å². The van der Waals surface area contributed by atoms with Crippen LogP contribution < -0.4 is 24.8 Å². The second-order valence-electron chi connectivity index (χ2n) is 14.7. The van der Waals surface area contributed by atoms with E-state index >= 15 is 4.39 Å². The predicted molar refractivity (Wildman–Crippen MR) is 211 cm³/mol. The molecule has 1 atom stereocenters. The summed E-state index contributed by atoms with van der Waals surface area (Å²) in [6.07, 6.45) is 8.15. The lowest BCUT2D eigenvalue weighted by atomic mass is 9.80. The molecule has 4 aromatic rings.